The molecule has 0 unspecified atom stereocenters. The standard InChI is InChI=1S/C66H103N19O25S2/c1-9-28(4)48-62(108)71-21-45(92)73-39(18-29(5)89)57(103)81-40(22-86)58(104)77-37(51(67)97)19-33-20-44(111-25-33)65-82-43(26-112-65)61(107)76-35(12-14-46(93)94)54(100)75-36(13-15-47(95)96)55(101)84-49(31(7)90)63(109)72-30(6)52(98)79-41(23-87)60(106)85-50(32(8)91)64(110)78-38(17-27(2)3)56(102)74-34(11-10-16-70-66(68)69)53(99)80-42(24-88)59(105)83-48/h20,25,27-28,30-32,34-43,48-50,86-88,90-91H,9-19,21-24,26H2,1-8H3,(H2,67,97)(H,71,108)(H,72,109)(H,73,92)(H,74,102)(H,75,100)(H,76,107)(H,77,104)(H,78,110)(H,79,98)(H,80,99)(H,81,103)(H,83,105)(H,84,101)(H,85,106)(H,93,94)(H,95,96)(H4,68,69,70)/t28-,30-,31+,32+,34-,35-,36-,37-,38-,39-,40-,41-,42-,43-,48-,49-,50-/m0/s1. The number of hydrogen-bond donors (Lipinski definition) is 25. The number of aliphatic hydroxyl groups is 5. The van der Waals surface area contributed by atoms with E-state index in [9.17, 15) is 122 Å². The minimum absolute atomic E-state index is 0.0248. The van der Waals surface area contributed by atoms with Crippen LogP contribution in [0.5, 0.6) is 0 Å². The van der Waals surface area contributed by atoms with E-state index in [2.05, 4.69) is 84.7 Å². The number of aliphatic hydroxyl groups excluding tert-OH is 5. The molecule has 0 saturated carbocycles. The number of thioether (sulfide) groups is 1. The van der Waals surface area contributed by atoms with Gasteiger partial charge < -0.3 is 127 Å². The molecular weight excluding hydrogens is 1520 g/mol. The van der Waals surface area contributed by atoms with E-state index in [1.165, 1.54) is 18.4 Å². The topological polar surface area (TPSA) is 718 Å². The van der Waals surface area contributed by atoms with Crippen molar-refractivity contribution in [2.24, 2.45) is 28.3 Å². The second-order valence-corrected chi connectivity index (χ2v) is 28.9. The Bertz CT molecular complexity index is 3620. The van der Waals surface area contributed by atoms with Crippen molar-refractivity contribution in [1.29, 1.82) is 5.41 Å². The fourth-order valence-corrected chi connectivity index (χ4v) is 12.8. The van der Waals surface area contributed by atoms with Gasteiger partial charge >= 0.3 is 11.9 Å². The van der Waals surface area contributed by atoms with Crippen LogP contribution in [0.25, 0.3) is 0 Å². The van der Waals surface area contributed by atoms with Crippen LogP contribution in [0.3, 0.4) is 0 Å². The van der Waals surface area contributed by atoms with Crippen LogP contribution in [-0.4, -0.2) is 289 Å². The molecular formula is C66H103N19O25S2. The number of carbonyl (C=O) groups is 18. The number of rotatable bonds is 22. The number of thiophene rings is 1. The molecule has 3 heterocycles. The zero-order chi connectivity index (χ0) is 84.5. The number of nitrogens with two attached hydrogens (primary N) is 2. The number of amides is 15. The van der Waals surface area contributed by atoms with Crippen molar-refractivity contribution >= 4 is 140 Å². The van der Waals surface area contributed by atoms with Gasteiger partial charge in [-0.15, -0.1) is 23.1 Å². The van der Waals surface area contributed by atoms with Crippen LogP contribution in [-0.2, 0) is 92.7 Å². The number of hydrogen-bond acceptors (Lipinski definition) is 27. The number of guanidine groups is 1. The lowest BCUT2D eigenvalue weighted by molar-refractivity contribution is -0.140. The summed E-state index contributed by atoms with van der Waals surface area (Å²) in [5.41, 5.74) is 11.5. The fraction of sp³-hybridized carbons (Fsp3) is 0.636. The molecule has 44 nitrogen and oxygen atoms in total. The maximum absolute atomic E-state index is 14.3. The van der Waals surface area contributed by atoms with Crippen LogP contribution in [0.15, 0.2) is 16.4 Å². The lowest BCUT2D eigenvalue weighted by Gasteiger charge is -2.29. The minimum atomic E-state index is -2.02. The number of Topliss-reactive ketones (excluding diaryl/α,β-unsaturated/α-hetero) is 1. The van der Waals surface area contributed by atoms with E-state index in [1.54, 1.807) is 20.8 Å². The summed E-state index contributed by atoms with van der Waals surface area (Å²) in [6.07, 6.45) is -7.90. The third-order valence-corrected chi connectivity index (χ3v) is 19.3. The van der Waals surface area contributed by atoms with Crippen molar-refractivity contribution in [2.45, 2.75) is 216 Å². The molecule has 1 aromatic rings. The van der Waals surface area contributed by atoms with E-state index in [0.717, 1.165) is 50.8 Å². The van der Waals surface area contributed by atoms with E-state index in [-0.39, 0.29) is 49.4 Å². The van der Waals surface area contributed by atoms with Crippen LogP contribution in [0.4, 0.5) is 0 Å². The van der Waals surface area contributed by atoms with Crippen LogP contribution in [0.1, 0.15) is 124 Å². The number of ketones is 1. The van der Waals surface area contributed by atoms with Gasteiger partial charge in [-0.25, -0.2) is 0 Å². The molecule has 0 radical (unpaired) electrons. The number of primary amides is 1. The van der Waals surface area contributed by atoms with Gasteiger partial charge in [0.2, 0.25) is 88.6 Å². The Morgan fingerprint density at radius 3 is 1.47 bits per heavy atom. The van der Waals surface area contributed by atoms with Gasteiger partial charge in [0.15, 0.2) is 5.96 Å². The third-order valence-electron chi connectivity index (χ3n) is 17.1. The molecule has 4 bridgehead atoms. The SMILES string of the molecule is CC[C@H](C)[C@@H]1NC(=O)[C@H](CO)NC(=O)[C@H](CCCNC(=N)N)NC(=O)[C@H](CC(C)C)NC(=O)[C@H]([C@@H](C)O)NC(=O)[C@H](CO)NC(=O)[C@H](C)NC(=O)[C@H]([C@@H](C)O)NC(=O)[C@H](CCC(=O)O)NC(=O)[C@H](CCC(=O)O)NC(=O)[C@@H]2CSC(=N2)c2cc(cs2)C[C@@H](C(N)=O)NC(=O)[C@H](CO)NC(=O)[C@H](CC(C)=O)NC(=O)CNC1=O. The van der Waals surface area contributed by atoms with E-state index in [1.807, 2.05) is 0 Å². The molecule has 112 heavy (non-hydrogen) atoms. The maximum atomic E-state index is 14.3. The van der Waals surface area contributed by atoms with Gasteiger partial charge in [-0.05, 0) is 88.6 Å². The molecule has 46 heteroatoms. The maximum Gasteiger partial charge on any atom is 0.303 e. The smallest absolute Gasteiger partial charge is 0.303 e. The molecule has 2 aliphatic heterocycles. The monoisotopic (exact) mass is 1630 g/mol. The number of carbonyl (C=O) groups excluding carboxylic acids is 16. The molecule has 2 aliphatic rings. The third kappa shape index (κ3) is 32.0. The zero-order valence-electron chi connectivity index (χ0n) is 62.8. The van der Waals surface area contributed by atoms with Crippen molar-refractivity contribution in [1.82, 2.24) is 79.8 Å². The number of carboxylic acid groups (broad SMARTS) is 2. The number of nitrogens with one attached hydrogen (secondary N) is 16. The molecule has 1 aromatic heterocycles. The Kier molecular flexibility index (Phi) is 40.1. The predicted molar refractivity (Wildman–Crippen MR) is 396 cm³/mol. The molecule has 27 N–H and O–H groups in total. The second-order valence-electron chi connectivity index (χ2n) is 27.0. The summed E-state index contributed by atoms with van der Waals surface area (Å²) in [4.78, 5) is 248. The molecule has 0 fully saturated rings. The largest absolute Gasteiger partial charge is 0.481 e. The zero-order valence-corrected chi connectivity index (χ0v) is 64.4. The molecule has 15 amide bonds. The normalized spacial score (nSPS) is 26.6. The van der Waals surface area contributed by atoms with Crippen molar-refractivity contribution in [3.05, 3.63) is 21.9 Å². The minimum Gasteiger partial charge on any atom is -0.481 e. The highest BCUT2D eigenvalue weighted by molar-refractivity contribution is 8.15. The van der Waals surface area contributed by atoms with Crippen LogP contribution < -0.4 is 91.2 Å². The lowest BCUT2D eigenvalue weighted by atomic mass is 9.97. The van der Waals surface area contributed by atoms with E-state index in [4.69, 9.17) is 16.9 Å². The quantitative estimate of drug-likeness (QED) is 0.0291. The van der Waals surface area contributed by atoms with Crippen LogP contribution in [0.2, 0.25) is 0 Å². The summed E-state index contributed by atoms with van der Waals surface area (Å²) >= 11 is 2.11. The van der Waals surface area contributed by atoms with Gasteiger partial charge in [-0.3, -0.25) is 96.7 Å². The highest BCUT2D eigenvalue weighted by Gasteiger charge is 2.40. The molecule has 0 saturated heterocycles. The Labute approximate surface area is 650 Å². The average molecular weight is 1630 g/mol. The van der Waals surface area contributed by atoms with E-state index < -0.39 is 279 Å². The van der Waals surface area contributed by atoms with Gasteiger partial charge in [-0.2, -0.15) is 0 Å². The molecule has 3 rings (SSSR count). The van der Waals surface area contributed by atoms with Gasteiger partial charge in [-0.1, -0.05) is 34.1 Å². The predicted octanol–water partition coefficient (Wildman–Crippen LogP) is -10.1. The fourth-order valence-electron chi connectivity index (χ4n) is 10.7. The van der Waals surface area contributed by atoms with E-state index >= 15 is 0 Å². The van der Waals surface area contributed by atoms with Gasteiger partial charge in [0.25, 0.3) is 0 Å². The van der Waals surface area contributed by atoms with Crippen LogP contribution in [0, 0.1) is 17.2 Å². The highest BCUT2D eigenvalue weighted by atomic mass is 32.2. The van der Waals surface area contributed by atoms with Crippen molar-refractivity contribution in [3.63, 3.8) is 0 Å². The first kappa shape index (κ1) is 95.7. The van der Waals surface area contributed by atoms with Crippen molar-refractivity contribution < 1.29 is 122 Å². The first-order valence-electron chi connectivity index (χ1n) is 35.5. The van der Waals surface area contributed by atoms with Crippen molar-refractivity contribution in [3.8, 4) is 0 Å². The van der Waals surface area contributed by atoms with Crippen LogP contribution >= 0.6 is 23.1 Å². The molecule has 0 aliphatic carbocycles. The summed E-state index contributed by atoms with van der Waals surface area (Å²) in [6, 6.07) is -22.9. The average Bonchev–Trinajstić information content (AvgIpc) is 1.65. The summed E-state index contributed by atoms with van der Waals surface area (Å²) in [6.45, 7) is 6.10. The van der Waals surface area contributed by atoms with Gasteiger partial charge in [0, 0.05) is 38.0 Å². The molecule has 0 spiro atoms. The molecule has 624 valence electrons. The first-order valence-corrected chi connectivity index (χ1v) is 37.4. The summed E-state index contributed by atoms with van der Waals surface area (Å²) in [7, 11) is 0. The number of nitrogens with zero attached hydrogens (tertiary/aromatic N) is 1. The van der Waals surface area contributed by atoms with Gasteiger partial charge in [0.1, 0.15) is 95.4 Å². The Morgan fingerprint density at radius 1 is 0.562 bits per heavy atom. The lowest BCUT2D eigenvalue weighted by Crippen LogP contribution is -2.63. The molecule has 17 atom stereocenters. The molecule has 0 aromatic carbocycles. The van der Waals surface area contributed by atoms with E-state index in [0.29, 0.717) is 10.4 Å². The Balaban J connectivity index is 2.13. The summed E-state index contributed by atoms with van der Waals surface area (Å²) in [5.74, 6) is -22.9. The second kappa shape index (κ2) is 47.0. The van der Waals surface area contributed by atoms with Crippen molar-refractivity contribution in [2.75, 3.05) is 38.7 Å². The summed E-state index contributed by atoms with van der Waals surface area (Å²) in [5, 5.41) is 116. The Hall–Kier alpha value is -10.5. The number of aliphatic carboxylic acids is 2. The number of aliphatic imine (C=N–C) groups is 1. The number of carboxylic acids is 2. The van der Waals surface area contributed by atoms with Gasteiger partial charge in [0.05, 0.1) is 43.5 Å². The summed E-state index contributed by atoms with van der Waals surface area (Å²) < 4.78 is 0. The Morgan fingerprint density at radius 2 is 1.00 bits per heavy atom. The highest BCUT2D eigenvalue weighted by Crippen LogP contribution is 2.29. The number of fused-ring (bicyclic) bond motifs is 4. The first-order chi connectivity index (χ1) is 52.5.